The van der Waals surface area contributed by atoms with Gasteiger partial charge in [-0.25, -0.2) is 0 Å². The summed E-state index contributed by atoms with van der Waals surface area (Å²) in [7, 11) is 0. The molecule has 1 amide bonds. The molecule has 3 aromatic carbocycles. The number of nitrogens with one attached hydrogen (secondary N) is 1. The molecule has 2 N–H and O–H groups in total. The Balaban J connectivity index is 1.70. The van der Waals surface area contributed by atoms with Crippen molar-refractivity contribution >= 4 is 34.6 Å². The summed E-state index contributed by atoms with van der Waals surface area (Å²) in [6.45, 7) is 2.14. The summed E-state index contributed by atoms with van der Waals surface area (Å²) < 4.78 is 5.38. The van der Waals surface area contributed by atoms with Gasteiger partial charge in [0.15, 0.2) is 0 Å². The molecule has 0 unspecified atom stereocenters. The zero-order valence-corrected chi connectivity index (χ0v) is 18.4. The molecule has 9 heteroatoms. The summed E-state index contributed by atoms with van der Waals surface area (Å²) in [6.07, 6.45) is -1.02. The highest BCUT2D eigenvalue weighted by Crippen LogP contribution is 2.33. The largest absolute Gasteiger partial charge is 0.384 e. The Bertz CT molecular complexity index is 1170. The average molecular weight is 468 g/mol. The number of nitro groups is 1. The number of benzene rings is 3. The van der Waals surface area contributed by atoms with Crippen LogP contribution in [0.4, 0.5) is 17.1 Å². The highest BCUT2D eigenvalue weighted by atomic mass is 35.5. The summed E-state index contributed by atoms with van der Waals surface area (Å²) in [5.41, 5.74) is 1.99. The molecule has 1 aliphatic heterocycles. The Morgan fingerprint density at radius 1 is 1.09 bits per heavy atom. The highest BCUT2D eigenvalue weighted by molar-refractivity contribution is 6.30. The van der Waals surface area contributed by atoms with Crippen molar-refractivity contribution < 1.29 is 19.6 Å². The van der Waals surface area contributed by atoms with Crippen LogP contribution in [0.5, 0.6) is 0 Å². The van der Waals surface area contributed by atoms with Crippen molar-refractivity contribution in [1.29, 1.82) is 0 Å². The number of ether oxygens (including phenoxy) is 1. The Kier molecular flexibility index (Phi) is 6.88. The molecule has 170 valence electrons. The number of aliphatic hydroxyl groups is 1. The zero-order valence-electron chi connectivity index (χ0n) is 17.6. The van der Waals surface area contributed by atoms with Gasteiger partial charge in [-0.1, -0.05) is 41.9 Å². The number of carbonyl (C=O) groups is 1. The van der Waals surface area contributed by atoms with E-state index >= 15 is 0 Å². The SMILES string of the molecule is O=C(Nc1ccc(Cl)cc1[C@@H](O)c1ccccc1)c1cc([N+](=O)[O-])ccc1N1CCOCC1. The lowest BCUT2D eigenvalue weighted by Crippen LogP contribution is -2.37. The topological polar surface area (TPSA) is 105 Å². The van der Waals surface area contributed by atoms with Gasteiger partial charge in [-0.15, -0.1) is 0 Å². The Hall–Kier alpha value is -3.46. The van der Waals surface area contributed by atoms with Gasteiger partial charge in [0.05, 0.1) is 29.4 Å². The molecule has 33 heavy (non-hydrogen) atoms. The lowest BCUT2D eigenvalue weighted by molar-refractivity contribution is -0.384. The van der Waals surface area contributed by atoms with E-state index in [1.807, 2.05) is 11.0 Å². The minimum absolute atomic E-state index is 0.168. The molecule has 0 aliphatic carbocycles. The standard InChI is InChI=1S/C24H22ClN3O5/c25-17-6-8-21(19(14-17)23(29)16-4-2-1-3-5-16)26-24(30)20-15-18(28(31)32)7-9-22(20)27-10-12-33-13-11-27/h1-9,14-15,23,29H,10-13H2,(H,26,30)/t23-/m0/s1. The molecule has 1 atom stereocenters. The number of carbonyl (C=O) groups excluding carboxylic acids is 1. The van der Waals surface area contributed by atoms with E-state index in [0.717, 1.165) is 0 Å². The monoisotopic (exact) mass is 467 g/mol. The first-order valence-corrected chi connectivity index (χ1v) is 10.8. The molecule has 0 aromatic heterocycles. The van der Waals surface area contributed by atoms with E-state index in [1.54, 1.807) is 48.5 Å². The number of hydrogen-bond acceptors (Lipinski definition) is 6. The summed E-state index contributed by atoms with van der Waals surface area (Å²) >= 11 is 6.17. The van der Waals surface area contributed by atoms with E-state index in [1.165, 1.54) is 12.1 Å². The number of nitro benzene ring substituents is 1. The van der Waals surface area contributed by atoms with Gasteiger partial charge in [0.25, 0.3) is 11.6 Å². The number of nitrogens with zero attached hydrogens (tertiary/aromatic N) is 2. The summed E-state index contributed by atoms with van der Waals surface area (Å²) in [5, 5.41) is 25.5. The molecular weight excluding hydrogens is 446 g/mol. The van der Waals surface area contributed by atoms with Crippen LogP contribution in [0.2, 0.25) is 5.02 Å². The molecule has 1 heterocycles. The molecule has 1 fully saturated rings. The first-order chi connectivity index (χ1) is 15.9. The van der Waals surface area contributed by atoms with Crippen molar-refractivity contribution in [2.75, 3.05) is 36.5 Å². The second-order valence-corrected chi connectivity index (χ2v) is 7.99. The number of rotatable bonds is 6. The lowest BCUT2D eigenvalue weighted by Gasteiger charge is -2.30. The maximum atomic E-state index is 13.3. The number of halogens is 1. The number of aliphatic hydroxyl groups excluding tert-OH is 1. The van der Waals surface area contributed by atoms with Gasteiger partial charge in [-0.2, -0.15) is 0 Å². The van der Waals surface area contributed by atoms with Crippen molar-refractivity contribution in [3.05, 3.63) is 98.6 Å². The first kappa shape index (κ1) is 22.7. The lowest BCUT2D eigenvalue weighted by atomic mass is 9.99. The Morgan fingerprint density at radius 3 is 2.52 bits per heavy atom. The van der Waals surface area contributed by atoms with Crippen LogP contribution in [-0.4, -0.2) is 42.2 Å². The number of non-ortho nitro benzene ring substituents is 1. The molecule has 0 saturated carbocycles. The molecule has 8 nitrogen and oxygen atoms in total. The van der Waals surface area contributed by atoms with Gasteiger partial charge in [-0.3, -0.25) is 14.9 Å². The summed E-state index contributed by atoms with van der Waals surface area (Å²) in [6, 6.07) is 18.0. The van der Waals surface area contributed by atoms with Crippen LogP contribution < -0.4 is 10.2 Å². The third kappa shape index (κ3) is 5.14. The minimum Gasteiger partial charge on any atom is -0.384 e. The van der Waals surface area contributed by atoms with Crippen LogP contribution in [0, 0.1) is 10.1 Å². The molecule has 0 radical (unpaired) electrons. The van der Waals surface area contributed by atoms with Crippen molar-refractivity contribution in [1.82, 2.24) is 0 Å². The molecule has 0 spiro atoms. The number of amides is 1. The Morgan fingerprint density at radius 2 is 1.82 bits per heavy atom. The molecule has 4 rings (SSSR count). The van der Waals surface area contributed by atoms with Crippen molar-refractivity contribution in [2.24, 2.45) is 0 Å². The maximum absolute atomic E-state index is 13.3. The molecule has 1 aliphatic rings. The van der Waals surface area contributed by atoms with Gasteiger partial charge in [-0.05, 0) is 29.8 Å². The van der Waals surface area contributed by atoms with E-state index < -0.39 is 16.9 Å². The summed E-state index contributed by atoms with van der Waals surface area (Å²) in [4.78, 5) is 26.1. The summed E-state index contributed by atoms with van der Waals surface area (Å²) in [5.74, 6) is -0.524. The van der Waals surface area contributed by atoms with Gasteiger partial charge in [0, 0.05) is 41.5 Å². The van der Waals surface area contributed by atoms with E-state index in [-0.39, 0.29) is 11.3 Å². The van der Waals surface area contributed by atoms with Crippen LogP contribution in [0.1, 0.15) is 27.6 Å². The predicted molar refractivity (Wildman–Crippen MR) is 126 cm³/mol. The third-order valence-corrected chi connectivity index (χ3v) is 5.69. The third-order valence-electron chi connectivity index (χ3n) is 5.46. The molecule has 1 saturated heterocycles. The fraction of sp³-hybridized carbons (Fsp3) is 0.208. The molecule has 0 bridgehead atoms. The van der Waals surface area contributed by atoms with E-state index in [4.69, 9.17) is 16.3 Å². The van der Waals surface area contributed by atoms with Crippen molar-refractivity contribution in [3.63, 3.8) is 0 Å². The molecule has 3 aromatic rings. The predicted octanol–water partition coefficient (Wildman–Crippen LogP) is 4.42. The van der Waals surface area contributed by atoms with E-state index in [0.29, 0.717) is 53.8 Å². The van der Waals surface area contributed by atoms with Crippen LogP contribution in [0.25, 0.3) is 0 Å². The number of hydrogen-bond donors (Lipinski definition) is 2. The highest BCUT2D eigenvalue weighted by Gasteiger charge is 2.24. The number of anilines is 2. The zero-order chi connectivity index (χ0) is 23.4. The van der Waals surface area contributed by atoms with Crippen LogP contribution >= 0.6 is 11.6 Å². The van der Waals surface area contributed by atoms with Crippen molar-refractivity contribution in [3.8, 4) is 0 Å². The second kappa shape index (κ2) is 9.99. The van der Waals surface area contributed by atoms with Crippen molar-refractivity contribution in [2.45, 2.75) is 6.10 Å². The quantitative estimate of drug-likeness (QED) is 0.410. The normalized spacial score (nSPS) is 14.5. The van der Waals surface area contributed by atoms with Gasteiger partial charge < -0.3 is 20.1 Å². The maximum Gasteiger partial charge on any atom is 0.270 e. The fourth-order valence-corrected chi connectivity index (χ4v) is 3.96. The van der Waals surface area contributed by atoms with E-state index in [9.17, 15) is 20.0 Å². The van der Waals surface area contributed by atoms with Crippen LogP contribution in [0.15, 0.2) is 66.7 Å². The fourth-order valence-electron chi connectivity index (χ4n) is 3.78. The second-order valence-electron chi connectivity index (χ2n) is 7.56. The van der Waals surface area contributed by atoms with Crippen LogP contribution in [-0.2, 0) is 4.74 Å². The molecular formula is C24H22ClN3O5. The smallest absolute Gasteiger partial charge is 0.270 e. The van der Waals surface area contributed by atoms with Gasteiger partial charge >= 0.3 is 0 Å². The van der Waals surface area contributed by atoms with Crippen LogP contribution in [0.3, 0.4) is 0 Å². The average Bonchev–Trinajstić information content (AvgIpc) is 2.85. The van der Waals surface area contributed by atoms with Gasteiger partial charge in [0.1, 0.15) is 6.10 Å². The number of morpholine rings is 1. The van der Waals surface area contributed by atoms with E-state index in [2.05, 4.69) is 5.32 Å². The van der Waals surface area contributed by atoms with Gasteiger partial charge in [0.2, 0.25) is 0 Å². The Labute approximate surface area is 195 Å². The minimum atomic E-state index is -1.02. The first-order valence-electron chi connectivity index (χ1n) is 10.4.